The van der Waals surface area contributed by atoms with Gasteiger partial charge in [0.05, 0.1) is 5.92 Å². The van der Waals surface area contributed by atoms with Gasteiger partial charge in [0.15, 0.2) is 0 Å². The van der Waals surface area contributed by atoms with Crippen LogP contribution in [0.25, 0.3) is 0 Å². The monoisotopic (exact) mass is 282 g/mol. The van der Waals surface area contributed by atoms with E-state index in [-0.39, 0.29) is 17.9 Å². The molecule has 6 nitrogen and oxygen atoms in total. The number of hydrogen-bond donors (Lipinski definition) is 2. The molecule has 2 aliphatic rings. The Bertz CT molecular complexity index is 374. The maximum Gasteiger partial charge on any atom is 0.314 e. The summed E-state index contributed by atoms with van der Waals surface area (Å²) in [4.78, 5) is 27.5. The molecule has 3 atom stereocenters. The van der Waals surface area contributed by atoms with Crippen molar-refractivity contribution in [3.05, 3.63) is 0 Å². The van der Waals surface area contributed by atoms with Gasteiger partial charge in [-0.25, -0.2) is 4.79 Å². The van der Waals surface area contributed by atoms with E-state index in [2.05, 4.69) is 6.92 Å². The fraction of sp³-hybridized carbons (Fsp3) is 0.857. The lowest BCUT2D eigenvalue weighted by atomic mass is 9.89. The van der Waals surface area contributed by atoms with Crippen LogP contribution in [0.2, 0.25) is 0 Å². The second-order valence-electron chi connectivity index (χ2n) is 6.17. The van der Waals surface area contributed by atoms with Gasteiger partial charge in [0.1, 0.15) is 0 Å². The molecule has 114 valence electrons. The molecule has 20 heavy (non-hydrogen) atoms. The van der Waals surface area contributed by atoms with E-state index >= 15 is 0 Å². The molecule has 2 heterocycles. The van der Waals surface area contributed by atoms with Gasteiger partial charge in [-0.2, -0.15) is 0 Å². The number of carbonyl (C=O) groups is 2. The van der Waals surface area contributed by atoms with E-state index in [1.807, 2.05) is 4.90 Å². The Morgan fingerprint density at radius 2 is 2.00 bits per heavy atom. The molecular formula is C14H26N4O2. The maximum atomic E-state index is 12.7. The Balaban J connectivity index is 2.00. The van der Waals surface area contributed by atoms with Crippen molar-refractivity contribution in [2.75, 3.05) is 26.2 Å². The average Bonchev–Trinajstić information content (AvgIpc) is 2.46. The van der Waals surface area contributed by atoms with Gasteiger partial charge in [0.25, 0.3) is 0 Å². The predicted molar refractivity (Wildman–Crippen MR) is 76.8 cm³/mol. The number of primary amides is 1. The molecule has 0 spiro atoms. The molecule has 2 saturated heterocycles. The van der Waals surface area contributed by atoms with E-state index in [4.69, 9.17) is 11.5 Å². The van der Waals surface area contributed by atoms with Gasteiger partial charge < -0.3 is 21.3 Å². The van der Waals surface area contributed by atoms with Crippen molar-refractivity contribution in [3.8, 4) is 0 Å². The van der Waals surface area contributed by atoms with Crippen molar-refractivity contribution in [2.24, 2.45) is 23.3 Å². The molecule has 2 fully saturated rings. The van der Waals surface area contributed by atoms with Crippen LogP contribution in [0, 0.1) is 11.8 Å². The summed E-state index contributed by atoms with van der Waals surface area (Å²) < 4.78 is 0. The van der Waals surface area contributed by atoms with Crippen LogP contribution >= 0.6 is 0 Å². The summed E-state index contributed by atoms with van der Waals surface area (Å²) in [5.74, 6) is 0.665. The van der Waals surface area contributed by atoms with Gasteiger partial charge in [-0.05, 0) is 31.6 Å². The van der Waals surface area contributed by atoms with Gasteiger partial charge in [0, 0.05) is 32.2 Å². The second kappa shape index (κ2) is 6.43. The van der Waals surface area contributed by atoms with Crippen molar-refractivity contribution >= 4 is 11.9 Å². The zero-order valence-electron chi connectivity index (χ0n) is 12.3. The largest absolute Gasteiger partial charge is 0.351 e. The van der Waals surface area contributed by atoms with Crippen LogP contribution in [-0.2, 0) is 4.79 Å². The number of hydrogen-bond acceptors (Lipinski definition) is 3. The minimum Gasteiger partial charge on any atom is -0.351 e. The lowest BCUT2D eigenvalue weighted by molar-refractivity contribution is -0.141. The van der Waals surface area contributed by atoms with Crippen molar-refractivity contribution in [1.82, 2.24) is 9.80 Å². The van der Waals surface area contributed by atoms with Crippen molar-refractivity contribution in [1.29, 1.82) is 0 Å². The number of nitrogens with two attached hydrogens (primary N) is 2. The Morgan fingerprint density at radius 1 is 1.25 bits per heavy atom. The fourth-order valence-corrected chi connectivity index (χ4v) is 3.38. The quantitative estimate of drug-likeness (QED) is 0.766. The summed E-state index contributed by atoms with van der Waals surface area (Å²) in [6.45, 7) is 4.63. The lowest BCUT2D eigenvalue weighted by Crippen LogP contribution is -2.54. The highest BCUT2D eigenvalue weighted by molar-refractivity contribution is 5.81. The van der Waals surface area contributed by atoms with Gasteiger partial charge in [-0.1, -0.05) is 6.92 Å². The molecule has 2 rings (SSSR count). The van der Waals surface area contributed by atoms with Gasteiger partial charge >= 0.3 is 6.03 Å². The summed E-state index contributed by atoms with van der Waals surface area (Å²) in [6, 6.07) is -0.277. The third-order valence-electron chi connectivity index (χ3n) is 4.62. The predicted octanol–water partition coefficient (Wildman–Crippen LogP) is 0.363. The van der Waals surface area contributed by atoms with Crippen LogP contribution in [0.4, 0.5) is 4.79 Å². The zero-order valence-corrected chi connectivity index (χ0v) is 12.3. The van der Waals surface area contributed by atoms with Crippen LogP contribution in [-0.4, -0.2) is 54.0 Å². The standard InChI is InChI=1S/C14H26N4O2/c1-10-4-6-18(12(7-10)8-15)13(19)11-3-2-5-17(9-11)14(16)20/h10-12H,2-9,15H2,1H3,(H2,16,20). The van der Waals surface area contributed by atoms with Crippen molar-refractivity contribution in [3.63, 3.8) is 0 Å². The molecule has 0 aromatic heterocycles. The third kappa shape index (κ3) is 3.23. The summed E-state index contributed by atoms with van der Waals surface area (Å²) in [6.07, 6.45) is 3.70. The van der Waals surface area contributed by atoms with E-state index in [9.17, 15) is 9.59 Å². The van der Waals surface area contributed by atoms with E-state index in [0.29, 0.717) is 25.6 Å². The first kappa shape index (κ1) is 15.1. The SMILES string of the molecule is CC1CCN(C(=O)C2CCCN(C(N)=O)C2)C(CN)C1. The van der Waals surface area contributed by atoms with Gasteiger partial charge in [-0.15, -0.1) is 0 Å². The highest BCUT2D eigenvalue weighted by Crippen LogP contribution is 2.26. The molecule has 3 amide bonds. The van der Waals surface area contributed by atoms with E-state index in [1.54, 1.807) is 4.90 Å². The smallest absolute Gasteiger partial charge is 0.314 e. The number of urea groups is 1. The minimum atomic E-state index is -0.426. The summed E-state index contributed by atoms with van der Waals surface area (Å²) in [5, 5.41) is 0. The molecule has 6 heteroatoms. The van der Waals surface area contributed by atoms with Crippen LogP contribution in [0.5, 0.6) is 0 Å². The Kier molecular flexibility index (Phi) is 4.86. The topological polar surface area (TPSA) is 92.7 Å². The Morgan fingerprint density at radius 3 is 2.65 bits per heavy atom. The van der Waals surface area contributed by atoms with Gasteiger partial charge in [0.2, 0.25) is 5.91 Å². The first-order valence-electron chi connectivity index (χ1n) is 7.57. The highest BCUT2D eigenvalue weighted by atomic mass is 16.2. The average molecular weight is 282 g/mol. The molecule has 4 N–H and O–H groups in total. The van der Waals surface area contributed by atoms with E-state index in [1.165, 1.54) is 0 Å². The van der Waals surface area contributed by atoms with Crippen LogP contribution in [0.3, 0.4) is 0 Å². The number of piperidine rings is 2. The third-order valence-corrected chi connectivity index (χ3v) is 4.62. The minimum absolute atomic E-state index is 0.112. The lowest BCUT2D eigenvalue weighted by Gasteiger charge is -2.41. The first-order chi connectivity index (χ1) is 9.52. The highest BCUT2D eigenvalue weighted by Gasteiger charge is 2.35. The zero-order chi connectivity index (χ0) is 14.7. The van der Waals surface area contributed by atoms with Gasteiger partial charge in [-0.3, -0.25) is 4.79 Å². The summed E-state index contributed by atoms with van der Waals surface area (Å²) in [5.41, 5.74) is 11.1. The number of carbonyl (C=O) groups excluding carboxylic acids is 2. The summed E-state index contributed by atoms with van der Waals surface area (Å²) in [7, 11) is 0. The van der Waals surface area contributed by atoms with Crippen LogP contribution in [0.1, 0.15) is 32.6 Å². The molecule has 0 aromatic carbocycles. The molecule has 0 radical (unpaired) electrons. The molecule has 2 aliphatic heterocycles. The molecule has 0 saturated carbocycles. The number of nitrogens with zero attached hydrogens (tertiary/aromatic N) is 2. The van der Waals surface area contributed by atoms with E-state index < -0.39 is 6.03 Å². The van der Waals surface area contributed by atoms with Crippen LogP contribution in [0.15, 0.2) is 0 Å². The van der Waals surface area contributed by atoms with Crippen molar-refractivity contribution in [2.45, 2.75) is 38.6 Å². The maximum absolute atomic E-state index is 12.7. The summed E-state index contributed by atoms with van der Waals surface area (Å²) >= 11 is 0. The van der Waals surface area contributed by atoms with Crippen molar-refractivity contribution < 1.29 is 9.59 Å². The van der Waals surface area contributed by atoms with Crippen LogP contribution < -0.4 is 11.5 Å². The first-order valence-corrected chi connectivity index (χ1v) is 7.57. The number of amides is 3. The molecular weight excluding hydrogens is 256 g/mol. The molecule has 0 aromatic rings. The second-order valence-corrected chi connectivity index (χ2v) is 6.17. The molecule has 3 unspecified atom stereocenters. The fourth-order valence-electron chi connectivity index (χ4n) is 3.38. The molecule has 0 bridgehead atoms. The van der Waals surface area contributed by atoms with E-state index in [0.717, 1.165) is 32.2 Å². The Hall–Kier alpha value is -1.30. The normalized spacial score (nSPS) is 31.2. The number of likely N-dealkylation sites (tertiary alicyclic amines) is 2. The Labute approximate surface area is 120 Å². The molecule has 0 aliphatic carbocycles. The number of rotatable bonds is 2.